The van der Waals surface area contributed by atoms with Gasteiger partial charge in [0.05, 0.1) is 19.3 Å². The average Bonchev–Trinajstić information content (AvgIpc) is 3.36. The molecule has 0 aliphatic carbocycles. The maximum Gasteiger partial charge on any atom is 0.338 e. The van der Waals surface area contributed by atoms with Gasteiger partial charge in [-0.1, -0.05) is 83.1 Å². The minimum atomic E-state index is -0.531. The van der Waals surface area contributed by atoms with Crippen LogP contribution in [0.15, 0.2) is 58.9 Å². The van der Waals surface area contributed by atoms with Gasteiger partial charge in [-0.15, -0.1) is 5.10 Å². The van der Waals surface area contributed by atoms with Crippen molar-refractivity contribution in [2.45, 2.75) is 84.0 Å². The highest BCUT2D eigenvalue weighted by atomic mass is 32.2. The molecule has 1 aliphatic heterocycles. The quantitative estimate of drug-likeness (QED) is 0.136. The number of allylic oxidation sites excluding steroid dienone is 1. The van der Waals surface area contributed by atoms with Crippen molar-refractivity contribution in [3.63, 3.8) is 0 Å². The lowest BCUT2D eigenvalue weighted by Crippen LogP contribution is -2.29. The minimum absolute atomic E-state index is 0.0978. The number of thioether (sulfide) groups is 1. The summed E-state index contributed by atoms with van der Waals surface area (Å²) in [5, 5.41) is 8.71. The van der Waals surface area contributed by atoms with E-state index in [0.29, 0.717) is 47.1 Å². The van der Waals surface area contributed by atoms with E-state index in [1.54, 1.807) is 23.6 Å². The number of hydrogen-bond acceptors (Lipinski definition) is 8. The molecule has 0 bridgehead atoms. The molecular weight excluding hydrogens is 536 g/mol. The number of fused-ring (bicyclic) bond motifs is 1. The third-order valence-electron chi connectivity index (χ3n) is 6.94. The van der Waals surface area contributed by atoms with Crippen molar-refractivity contribution in [3.05, 3.63) is 70.4 Å². The van der Waals surface area contributed by atoms with E-state index in [2.05, 4.69) is 69.2 Å². The highest BCUT2D eigenvalue weighted by Gasteiger charge is 2.35. The fourth-order valence-corrected chi connectivity index (χ4v) is 5.26. The van der Waals surface area contributed by atoms with Gasteiger partial charge < -0.3 is 19.5 Å². The average molecular weight is 579 g/mol. The van der Waals surface area contributed by atoms with E-state index in [-0.39, 0.29) is 11.4 Å². The van der Waals surface area contributed by atoms with Crippen LogP contribution in [-0.2, 0) is 21.6 Å². The molecule has 2 aromatic carbocycles. The Labute approximate surface area is 247 Å². The van der Waals surface area contributed by atoms with Crippen LogP contribution < -0.4 is 14.8 Å². The molecule has 1 aliphatic rings. The number of aromatic nitrogens is 3. The van der Waals surface area contributed by atoms with Crippen LogP contribution in [-0.4, -0.2) is 40.2 Å². The second-order valence-electron chi connectivity index (χ2n) is 11.2. The summed E-state index contributed by atoms with van der Waals surface area (Å²) in [7, 11) is 1.62. The van der Waals surface area contributed by atoms with Crippen molar-refractivity contribution < 1.29 is 19.0 Å². The predicted molar refractivity (Wildman–Crippen MR) is 164 cm³/mol. The Hall–Kier alpha value is -3.46. The molecule has 0 saturated carbocycles. The van der Waals surface area contributed by atoms with E-state index >= 15 is 0 Å². The molecule has 0 radical (unpaired) electrons. The highest BCUT2D eigenvalue weighted by Crippen LogP contribution is 2.40. The summed E-state index contributed by atoms with van der Waals surface area (Å²) in [5.74, 6) is 2.33. The number of carbonyl (C=O) groups is 1. The van der Waals surface area contributed by atoms with Crippen LogP contribution in [0.5, 0.6) is 11.5 Å². The summed E-state index contributed by atoms with van der Waals surface area (Å²) in [4.78, 5) is 18.1. The maximum atomic E-state index is 13.4. The number of carbonyl (C=O) groups excluding carboxylic acids is 1. The normalized spacial score (nSPS) is 14.9. The van der Waals surface area contributed by atoms with Gasteiger partial charge in [-0.3, -0.25) is 0 Å². The van der Waals surface area contributed by atoms with Gasteiger partial charge in [0.1, 0.15) is 12.6 Å². The van der Waals surface area contributed by atoms with E-state index in [1.165, 1.54) is 5.56 Å². The van der Waals surface area contributed by atoms with Gasteiger partial charge in [0, 0.05) is 11.4 Å². The van der Waals surface area contributed by atoms with Crippen LogP contribution in [0.4, 0.5) is 5.95 Å². The number of ether oxygens (including phenoxy) is 3. The Morgan fingerprint density at radius 3 is 2.49 bits per heavy atom. The summed E-state index contributed by atoms with van der Waals surface area (Å²) < 4.78 is 19.4. The molecule has 220 valence electrons. The molecule has 0 fully saturated rings. The zero-order chi connectivity index (χ0) is 29.6. The summed E-state index contributed by atoms with van der Waals surface area (Å²) in [6, 6.07) is 13.7. The fourth-order valence-electron chi connectivity index (χ4n) is 4.58. The van der Waals surface area contributed by atoms with Gasteiger partial charge in [0.15, 0.2) is 11.5 Å². The Kier molecular flexibility index (Phi) is 10.0. The Bertz CT molecular complexity index is 1380. The van der Waals surface area contributed by atoms with Crippen LogP contribution >= 0.6 is 11.8 Å². The molecule has 1 aromatic heterocycles. The van der Waals surface area contributed by atoms with E-state index < -0.39 is 6.04 Å². The van der Waals surface area contributed by atoms with Crippen molar-refractivity contribution >= 4 is 23.7 Å². The number of hydrogen-bond donors (Lipinski definition) is 1. The van der Waals surface area contributed by atoms with Crippen molar-refractivity contribution in [3.8, 4) is 11.5 Å². The standard InChI is InChI=1S/C32H42N4O4S/c1-8-10-17-39-29(37)27-21(3)33-30-34-31(41-18-9-2)35-36(30)28(27)23-13-16-25(26(19-23)38-7)40-20-22-11-14-24(15-12-22)32(4,5)6/h11-16,19,28H,8-10,17-18,20H2,1-7H3,(H,33,34,35). The number of esters is 1. The Morgan fingerprint density at radius 1 is 1.07 bits per heavy atom. The molecular formula is C32H42N4O4S. The lowest BCUT2D eigenvalue weighted by molar-refractivity contribution is -0.139. The van der Waals surface area contributed by atoms with Crippen molar-refractivity contribution in [1.29, 1.82) is 0 Å². The molecule has 1 N–H and O–H groups in total. The molecule has 1 unspecified atom stereocenters. The monoisotopic (exact) mass is 578 g/mol. The molecule has 41 heavy (non-hydrogen) atoms. The maximum absolute atomic E-state index is 13.4. The van der Waals surface area contributed by atoms with Crippen LogP contribution in [0.25, 0.3) is 0 Å². The number of benzene rings is 2. The minimum Gasteiger partial charge on any atom is -0.493 e. The first-order chi connectivity index (χ1) is 19.7. The lowest BCUT2D eigenvalue weighted by Gasteiger charge is -2.28. The predicted octanol–water partition coefficient (Wildman–Crippen LogP) is 7.30. The van der Waals surface area contributed by atoms with E-state index in [4.69, 9.17) is 19.3 Å². The fraction of sp³-hybridized carbons (Fsp3) is 0.469. The van der Waals surface area contributed by atoms with Gasteiger partial charge in [-0.25, -0.2) is 9.48 Å². The topological polar surface area (TPSA) is 87.5 Å². The van der Waals surface area contributed by atoms with Crippen LogP contribution in [0, 0.1) is 0 Å². The molecule has 0 saturated heterocycles. The van der Waals surface area contributed by atoms with Gasteiger partial charge in [-0.05, 0) is 54.0 Å². The summed E-state index contributed by atoms with van der Waals surface area (Å²) in [6.07, 6.45) is 2.76. The van der Waals surface area contributed by atoms with Crippen molar-refractivity contribution in [2.24, 2.45) is 0 Å². The third-order valence-corrected chi connectivity index (χ3v) is 7.98. The van der Waals surface area contributed by atoms with Gasteiger partial charge in [-0.2, -0.15) is 4.98 Å². The number of nitrogens with zero attached hydrogens (tertiary/aromatic N) is 3. The lowest BCUT2D eigenvalue weighted by atomic mass is 9.87. The molecule has 2 heterocycles. The zero-order valence-electron chi connectivity index (χ0n) is 25.2. The summed E-state index contributed by atoms with van der Waals surface area (Å²) >= 11 is 1.59. The largest absolute Gasteiger partial charge is 0.493 e. The molecule has 8 nitrogen and oxygen atoms in total. The molecule has 0 spiro atoms. The Balaban J connectivity index is 1.64. The summed E-state index contributed by atoms with van der Waals surface area (Å²) in [5.41, 5.74) is 4.47. The number of methoxy groups -OCH3 is 1. The van der Waals surface area contributed by atoms with Gasteiger partial charge in [0.25, 0.3) is 0 Å². The molecule has 9 heteroatoms. The molecule has 3 aromatic rings. The van der Waals surface area contributed by atoms with Gasteiger partial charge in [0.2, 0.25) is 11.1 Å². The SMILES string of the molecule is CCCCOC(=O)C1=C(C)Nc2nc(SCCC)nn2C1c1ccc(OCc2ccc(C(C)(C)C)cc2)c(OC)c1. The Morgan fingerprint density at radius 2 is 1.83 bits per heavy atom. The smallest absolute Gasteiger partial charge is 0.338 e. The number of rotatable bonds is 12. The van der Waals surface area contributed by atoms with E-state index in [9.17, 15) is 4.79 Å². The third kappa shape index (κ3) is 7.25. The van der Waals surface area contributed by atoms with E-state index in [0.717, 1.165) is 36.1 Å². The second-order valence-corrected chi connectivity index (χ2v) is 12.3. The highest BCUT2D eigenvalue weighted by molar-refractivity contribution is 7.99. The van der Waals surface area contributed by atoms with Crippen LogP contribution in [0.1, 0.15) is 83.5 Å². The molecule has 0 amide bonds. The van der Waals surface area contributed by atoms with E-state index in [1.807, 2.05) is 25.1 Å². The molecule has 1 atom stereocenters. The van der Waals surface area contributed by atoms with Crippen LogP contribution in [0.2, 0.25) is 0 Å². The first-order valence-electron chi connectivity index (χ1n) is 14.3. The number of unbranched alkanes of at least 4 members (excludes halogenated alkanes) is 1. The van der Waals surface area contributed by atoms with Crippen molar-refractivity contribution in [1.82, 2.24) is 14.8 Å². The van der Waals surface area contributed by atoms with Gasteiger partial charge >= 0.3 is 5.97 Å². The zero-order valence-corrected chi connectivity index (χ0v) is 26.1. The second kappa shape index (κ2) is 13.5. The summed E-state index contributed by atoms with van der Waals surface area (Å²) in [6.45, 7) is 13.4. The first-order valence-corrected chi connectivity index (χ1v) is 15.3. The van der Waals surface area contributed by atoms with Crippen LogP contribution in [0.3, 0.4) is 0 Å². The van der Waals surface area contributed by atoms with Crippen molar-refractivity contribution in [2.75, 3.05) is 24.8 Å². The number of anilines is 1. The molecule has 4 rings (SSSR count). The number of nitrogens with one attached hydrogen (secondary N) is 1. The first kappa shape index (κ1) is 30.5.